The Kier molecular flexibility index (Phi) is 4.79. The number of aryl methyl sites for hydroxylation is 1. The van der Waals surface area contributed by atoms with Crippen molar-refractivity contribution in [2.75, 3.05) is 11.9 Å². The molecule has 0 saturated carbocycles. The van der Waals surface area contributed by atoms with Crippen molar-refractivity contribution in [1.29, 1.82) is 0 Å². The van der Waals surface area contributed by atoms with E-state index in [1.54, 1.807) is 37.3 Å². The van der Waals surface area contributed by atoms with Gasteiger partial charge in [0, 0.05) is 11.1 Å². The second kappa shape index (κ2) is 7.03. The fourth-order valence-electron chi connectivity index (χ4n) is 2.54. The van der Waals surface area contributed by atoms with Crippen LogP contribution in [0, 0.1) is 6.92 Å². The molecule has 0 aliphatic carbocycles. The first-order valence-corrected chi connectivity index (χ1v) is 7.80. The van der Waals surface area contributed by atoms with E-state index in [0.717, 1.165) is 0 Å². The van der Waals surface area contributed by atoms with Crippen molar-refractivity contribution in [2.24, 2.45) is 0 Å². The lowest BCUT2D eigenvalue weighted by molar-refractivity contribution is -0.153. The number of carbonyl (C=O) groups excluding carboxylic acids is 1. The SMILES string of the molecule is Cc1cc(C(=O)Nc2ccccc2OCC(F)(F)F)c2ccccc2n1. The van der Waals surface area contributed by atoms with Gasteiger partial charge in [0.15, 0.2) is 6.61 Å². The standard InChI is InChI=1S/C19H15F3N2O2/c1-12-10-14(13-6-2-3-7-15(13)23-12)18(25)24-16-8-4-5-9-17(16)26-11-19(20,21)22/h2-10H,11H2,1H3,(H,24,25). The van der Waals surface area contributed by atoms with Gasteiger partial charge in [-0.2, -0.15) is 13.2 Å². The highest BCUT2D eigenvalue weighted by Gasteiger charge is 2.29. The van der Waals surface area contributed by atoms with Crippen LogP contribution >= 0.6 is 0 Å². The van der Waals surface area contributed by atoms with Crippen molar-refractivity contribution < 1.29 is 22.7 Å². The summed E-state index contributed by atoms with van der Waals surface area (Å²) in [5.41, 5.74) is 1.88. The number of nitrogens with one attached hydrogen (secondary N) is 1. The number of pyridine rings is 1. The molecule has 0 radical (unpaired) electrons. The van der Waals surface area contributed by atoms with E-state index in [2.05, 4.69) is 10.3 Å². The van der Waals surface area contributed by atoms with Crippen LogP contribution in [0.4, 0.5) is 18.9 Å². The molecule has 0 saturated heterocycles. The Morgan fingerprint density at radius 2 is 1.81 bits per heavy atom. The van der Waals surface area contributed by atoms with Gasteiger partial charge in [-0.25, -0.2) is 0 Å². The van der Waals surface area contributed by atoms with Crippen LogP contribution in [-0.2, 0) is 0 Å². The number of para-hydroxylation sites is 3. The first-order chi connectivity index (χ1) is 12.3. The van der Waals surface area contributed by atoms with Crippen LogP contribution < -0.4 is 10.1 Å². The van der Waals surface area contributed by atoms with Gasteiger partial charge in [-0.3, -0.25) is 9.78 Å². The minimum absolute atomic E-state index is 0.0479. The quantitative estimate of drug-likeness (QED) is 0.731. The zero-order chi connectivity index (χ0) is 18.7. The third-order valence-corrected chi connectivity index (χ3v) is 3.62. The van der Waals surface area contributed by atoms with Crippen LogP contribution in [-0.4, -0.2) is 23.7 Å². The number of benzene rings is 2. The predicted octanol–water partition coefficient (Wildman–Crippen LogP) is 4.74. The van der Waals surface area contributed by atoms with Gasteiger partial charge in [-0.15, -0.1) is 0 Å². The van der Waals surface area contributed by atoms with Crippen LogP contribution in [0.2, 0.25) is 0 Å². The number of carbonyl (C=O) groups is 1. The van der Waals surface area contributed by atoms with Crippen LogP contribution in [0.25, 0.3) is 10.9 Å². The summed E-state index contributed by atoms with van der Waals surface area (Å²) in [6.45, 7) is 0.334. The minimum atomic E-state index is -4.46. The highest BCUT2D eigenvalue weighted by Crippen LogP contribution is 2.27. The molecule has 1 heterocycles. The number of fused-ring (bicyclic) bond motifs is 1. The fraction of sp³-hybridized carbons (Fsp3) is 0.158. The number of ether oxygens (including phenoxy) is 1. The van der Waals surface area contributed by atoms with E-state index >= 15 is 0 Å². The lowest BCUT2D eigenvalue weighted by Gasteiger charge is -2.14. The van der Waals surface area contributed by atoms with E-state index in [0.29, 0.717) is 22.2 Å². The van der Waals surface area contributed by atoms with E-state index in [9.17, 15) is 18.0 Å². The van der Waals surface area contributed by atoms with Crippen LogP contribution in [0.5, 0.6) is 5.75 Å². The van der Waals surface area contributed by atoms with Gasteiger partial charge in [0.25, 0.3) is 5.91 Å². The molecular weight excluding hydrogens is 345 g/mol. The average molecular weight is 360 g/mol. The van der Waals surface area contributed by atoms with E-state index in [4.69, 9.17) is 4.74 Å². The largest absolute Gasteiger partial charge is 0.482 e. The van der Waals surface area contributed by atoms with Crippen LogP contribution in [0.3, 0.4) is 0 Å². The molecule has 4 nitrogen and oxygen atoms in total. The van der Waals surface area contributed by atoms with Crippen LogP contribution in [0.15, 0.2) is 54.6 Å². The Hall–Kier alpha value is -3.09. The molecule has 0 aliphatic heterocycles. The molecule has 0 spiro atoms. The van der Waals surface area contributed by atoms with Gasteiger partial charge >= 0.3 is 6.18 Å². The van der Waals surface area contributed by atoms with Crippen molar-refractivity contribution >= 4 is 22.5 Å². The molecular formula is C19H15F3N2O2. The van der Waals surface area contributed by atoms with Gasteiger partial charge in [0.05, 0.1) is 16.8 Å². The zero-order valence-electron chi connectivity index (χ0n) is 13.8. The summed E-state index contributed by atoms with van der Waals surface area (Å²) in [5, 5.41) is 3.28. The number of alkyl halides is 3. The highest BCUT2D eigenvalue weighted by molar-refractivity contribution is 6.12. The first kappa shape index (κ1) is 17.7. The second-order valence-corrected chi connectivity index (χ2v) is 5.68. The molecule has 26 heavy (non-hydrogen) atoms. The van der Waals surface area contributed by atoms with Gasteiger partial charge < -0.3 is 10.1 Å². The van der Waals surface area contributed by atoms with Gasteiger partial charge in [0.1, 0.15) is 5.75 Å². The number of aromatic nitrogens is 1. The smallest absolute Gasteiger partial charge is 0.422 e. The summed E-state index contributed by atoms with van der Waals surface area (Å²) in [7, 11) is 0. The lowest BCUT2D eigenvalue weighted by Crippen LogP contribution is -2.20. The monoisotopic (exact) mass is 360 g/mol. The minimum Gasteiger partial charge on any atom is -0.482 e. The van der Waals surface area contributed by atoms with Crippen molar-refractivity contribution in [3.05, 3.63) is 65.9 Å². The number of nitrogens with zero attached hydrogens (tertiary/aromatic N) is 1. The molecule has 1 aromatic heterocycles. The molecule has 2 aromatic carbocycles. The van der Waals surface area contributed by atoms with Gasteiger partial charge in [-0.05, 0) is 31.2 Å². The Bertz CT molecular complexity index is 955. The van der Waals surface area contributed by atoms with E-state index in [-0.39, 0.29) is 11.4 Å². The predicted molar refractivity (Wildman–Crippen MR) is 92.4 cm³/mol. The zero-order valence-corrected chi connectivity index (χ0v) is 13.8. The normalized spacial score (nSPS) is 11.4. The Morgan fingerprint density at radius 1 is 1.12 bits per heavy atom. The highest BCUT2D eigenvalue weighted by atomic mass is 19.4. The second-order valence-electron chi connectivity index (χ2n) is 5.68. The first-order valence-electron chi connectivity index (χ1n) is 7.80. The molecule has 7 heteroatoms. The Morgan fingerprint density at radius 3 is 2.58 bits per heavy atom. The summed E-state index contributed by atoms with van der Waals surface area (Å²) in [6, 6.07) is 14.8. The molecule has 1 N–H and O–H groups in total. The molecule has 3 rings (SSSR count). The van der Waals surface area contributed by atoms with Crippen LogP contribution in [0.1, 0.15) is 16.1 Å². The summed E-state index contributed by atoms with van der Waals surface area (Å²) in [4.78, 5) is 17.1. The van der Waals surface area contributed by atoms with Gasteiger partial charge in [0.2, 0.25) is 0 Å². The number of amides is 1. The fourth-order valence-corrected chi connectivity index (χ4v) is 2.54. The third-order valence-electron chi connectivity index (χ3n) is 3.62. The molecule has 3 aromatic rings. The van der Waals surface area contributed by atoms with Crippen molar-refractivity contribution in [3.63, 3.8) is 0 Å². The van der Waals surface area contributed by atoms with Crippen molar-refractivity contribution in [2.45, 2.75) is 13.1 Å². The summed E-state index contributed by atoms with van der Waals surface area (Å²) in [5.74, 6) is -0.497. The molecule has 0 atom stereocenters. The molecule has 0 unspecified atom stereocenters. The maximum atomic E-state index is 12.7. The summed E-state index contributed by atoms with van der Waals surface area (Å²) >= 11 is 0. The number of hydrogen-bond donors (Lipinski definition) is 1. The lowest BCUT2D eigenvalue weighted by atomic mass is 10.1. The van der Waals surface area contributed by atoms with E-state index in [1.807, 2.05) is 6.07 Å². The molecule has 0 bridgehead atoms. The number of rotatable bonds is 4. The summed E-state index contributed by atoms with van der Waals surface area (Å²) in [6.07, 6.45) is -4.46. The van der Waals surface area contributed by atoms with Crippen molar-refractivity contribution in [3.8, 4) is 5.75 Å². The third kappa shape index (κ3) is 4.11. The number of hydrogen-bond acceptors (Lipinski definition) is 3. The average Bonchev–Trinajstić information content (AvgIpc) is 2.59. The van der Waals surface area contributed by atoms with E-state index < -0.39 is 18.7 Å². The maximum absolute atomic E-state index is 12.7. The molecule has 0 aliphatic rings. The maximum Gasteiger partial charge on any atom is 0.422 e. The van der Waals surface area contributed by atoms with E-state index in [1.165, 1.54) is 18.2 Å². The Balaban J connectivity index is 1.90. The molecule has 0 fully saturated rings. The molecule has 134 valence electrons. The topological polar surface area (TPSA) is 51.2 Å². The summed E-state index contributed by atoms with van der Waals surface area (Å²) < 4.78 is 42.0. The number of anilines is 1. The number of halogens is 3. The Labute approximate surface area is 147 Å². The van der Waals surface area contributed by atoms with Crippen molar-refractivity contribution in [1.82, 2.24) is 4.98 Å². The molecule has 1 amide bonds. The van der Waals surface area contributed by atoms with Gasteiger partial charge in [-0.1, -0.05) is 30.3 Å².